The van der Waals surface area contributed by atoms with Crippen LogP contribution in [-0.4, -0.2) is 19.1 Å². The highest BCUT2D eigenvalue weighted by molar-refractivity contribution is 5.98. The Morgan fingerprint density at radius 2 is 2.08 bits per heavy atom. The van der Waals surface area contributed by atoms with Gasteiger partial charge in [-0.2, -0.15) is 5.26 Å². The third kappa shape index (κ3) is 2.79. The average Bonchev–Trinajstić information content (AvgIpc) is 2.71. The van der Waals surface area contributed by atoms with Gasteiger partial charge in [-0.05, 0) is 43.7 Å². The van der Waals surface area contributed by atoms with Crippen molar-refractivity contribution in [1.82, 2.24) is 0 Å². The van der Waals surface area contributed by atoms with Crippen LogP contribution >= 0.6 is 0 Å². The van der Waals surface area contributed by atoms with Gasteiger partial charge in [-0.25, -0.2) is 0 Å². The van der Waals surface area contributed by atoms with Gasteiger partial charge in [0.05, 0.1) is 31.0 Å². The van der Waals surface area contributed by atoms with Crippen LogP contribution in [0.3, 0.4) is 0 Å². The van der Waals surface area contributed by atoms with Crippen LogP contribution in [0.2, 0.25) is 0 Å². The quantitative estimate of drug-likeness (QED) is 0.852. The minimum Gasteiger partial charge on any atom is -0.495 e. The molecule has 0 aliphatic carbocycles. The van der Waals surface area contributed by atoms with E-state index in [0.717, 1.165) is 16.8 Å². The van der Waals surface area contributed by atoms with E-state index in [1.807, 2.05) is 31.2 Å². The lowest BCUT2D eigenvalue weighted by molar-refractivity contribution is -0.124. The summed E-state index contributed by atoms with van der Waals surface area (Å²) in [5.74, 6) is 1.07. The van der Waals surface area contributed by atoms with Crippen LogP contribution in [0.5, 0.6) is 11.5 Å². The summed E-state index contributed by atoms with van der Waals surface area (Å²) >= 11 is 0. The third-order valence-electron chi connectivity index (χ3n) is 4.07. The van der Waals surface area contributed by atoms with Crippen molar-refractivity contribution in [2.45, 2.75) is 26.5 Å². The summed E-state index contributed by atoms with van der Waals surface area (Å²) in [6.45, 7) is 4.05. The molecule has 0 N–H and O–H groups in total. The minimum absolute atomic E-state index is 0.145. The molecule has 1 aliphatic heterocycles. The highest BCUT2D eigenvalue weighted by Crippen LogP contribution is 2.35. The lowest BCUT2D eigenvalue weighted by atomic mass is 10.1. The molecular weight excluding hydrogens is 304 g/mol. The molecule has 0 fully saturated rings. The Morgan fingerprint density at radius 1 is 1.29 bits per heavy atom. The number of methoxy groups -OCH3 is 1. The molecule has 5 heteroatoms. The fraction of sp³-hybridized carbons (Fsp3) is 0.263. The Bertz CT molecular complexity index is 839. The fourth-order valence-corrected chi connectivity index (χ4v) is 2.79. The van der Waals surface area contributed by atoms with Crippen molar-refractivity contribution in [2.24, 2.45) is 0 Å². The van der Waals surface area contributed by atoms with Crippen molar-refractivity contribution < 1.29 is 14.3 Å². The van der Waals surface area contributed by atoms with E-state index in [9.17, 15) is 4.79 Å². The Balaban J connectivity index is 2.09. The van der Waals surface area contributed by atoms with Gasteiger partial charge in [-0.15, -0.1) is 0 Å². The molecule has 2 aromatic rings. The first kappa shape index (κ1) is 15.9. The monoisotopic (exact) mass is 322 g/mol. The van der Waals surface area contributed by atoms with E-state index in [-0.39, 0.29) is 5.91 Å². The van der Waals surface area contributed by atoms with Crippen LogP contribution < -0.4 is 14.4 Å². The number of carbonyl (C=O) groups is 1. The number of nitriles is 1. The van der Waals surface area contributed by atoms with Gasteiger partial charge in [0, 0.05) is 5.56 Å². The molecule has 24 heavy (non-hydrogen) atoms. The van der Waals surface area contributed by atoms with Crippen LogP contribution in [-0.2, 0) is 11.3 Å². The van der Waals surface area contributed by atoms with Gasteiger partial charge < -0.3 is 14.4 Å². The lowest BCUT2D eigenvalue weighted by Gasteiger charge is -2.24. The molecule has 1 amide bonds. The van der Waals surface area contributed by atoms with Gasteiger partial charge in [-0.1, -0.05) is 12.1 Å². The van der Waals surface area contributed by atoms with Gasteiger partial charge in [0.1, 0.15) is 11.5 Å². The number of aryl methyl sites for hydroxylation is 1. The molecule has 2 aromatic carbocycles. The fourth-order valence-electron chi connectivity index (χ4n) is 2.79. The zero-order chi connectivity index (χ0) is 17.3. The van der Waals surface area contributed by atoms with E-state index in [4.69, 9.17) is 14.7 Å². The number of rotatable bonds is 2. The van der Waals surface area contributed by atoms with Crippen LogP contribution in [0.25, 0.3) is 0 Å². The standard InChI is InChI=1S/C19H18N2O3/c1-12-4-7-17(23-3)16(8-12)21-11-15-6-5-14(10-20)9-18(15)24-13(2)19(21)22/h4-9,13H,11H2,1-3H3. The molecule has 0 saturated heterocycles. The van der Waals surface area contributed by atoms with Gasteiger partial charge >= 0.3 is 0 Å². The van der Waals surface area contributed by atoms with E-state index >= 15 is 0 Å². The summed E-state index contributed by atoms with van der Waals surface area (Å²) in [5.41, 5.74) is 3.12. The van der Waals surface area contributed by atoms with E-state index in [1.165, 1.54) is 0 Å². The molecule has 1 atom stereocenters. The Kier molecular flexibility index (Phi) is 4.13. The van der Waals surface area contributed by atoms with Crippen molar-refractivity contribution in [3.05, 3.63) is 53.1 Å². The second-order valence-electron chi connectivity index (χ2n) is 5.79. The van der Waals surface area contributed by atoms with Crippen LogP contribution in [0.15, 0.2) is 36.4 Å². The molecule has 0 bridgehead atoms. The molecule has 0 saturated carbocycles. The zero-order valence-electron chi connectivity index (χ0n) is 13.9. The summed E-state index contributed by atoms with van der Waals surface area (Å²) < 4.78 is 11.2. The van der Waals surface area contributed by atoms with Crippen molar-refractivity contribution >= 4 is 11.6 Å². The summed E-state index contributed by atoms with van der Waals surface area (Å²) in [5, 5.41) is 9.06. The molecule has 1 unspecified atom stereocenters. The van der Waals surface area contributed by atoms with Gasteiger partial charge in [-0.3, -0.25) is 4.79 Å². The van der Waals surface area contributed by atoms with Gasteiger partial charge in [0.2, 0.25) is 0 Å². The first-order chi connectivity index (χ1) is 11.5. The zero-order valence-corrected chi connectivity index (χ0v) is 13.9. The number of nitrogens with zero attached hydrogens (tertiary/aromatic N) is 2. The maximum atomic E-state index is 12.8. The van der Waals surface area contributed by atoms with Crippen LogP contribution in [0.1, 0.15) is 23.6 Å². The largest absolute Gasteiger partial charge is 0.495 e. The van der Waals surface area contributed by atoms with Gasteiger partial charge in [0.15, 0.2) is 6.10 Å². The summed E-state index contributed by atoms with van der Waals surface area (Å²) in [7, 11) is 1.59. The Hall–Kier alpha value is -3.00. The van der Waals surface area contributed by atoms with Crippen LogP contribution in [0, 0.1) is 18.3 Å². The number of hydrogen-bond donors (Lipinski definition) is 0. The summed E-state index contributed by atoms with van der Waals surface area (Å²) in [4.78, 5) is 14.5. The van der Waals surface area contributed by atoms with Crippen molar-refractivity contribution in [3.63, 3.8) is 0 Å². The normalized spacial score (nSPS) is 16.7. The van der Waals surface area contributed by atoms with E-state index in [1.54, 1.807) is 31.1 Å². The minimum atomic E-state index is -0.648. The highest BCUT2D eigenvalue weighted by Gasteiger charge is 2.30. The first-order valence-electron chi connectivity index (χ1n) is 7.69. The molecule has 5 nitrogen and oxygen atoms in total. The molecule has 3 rings (SSSR count). The second-order valence-corrected chi connectivity index (χ2v) is 5.79. The molecule has 0 spiro atoms. The molecule has 0 aromatic heterocycles. The number of anilines is 1. The number of carbonyl (C=O) groups excluding carboxylic acids is 1. The lowest BCUT2D eigenvalue weighted by Crippen LogP contribution is -2.38. The SMILES string of the molecule is COc1ccc(C)cc1N1Cc2ccc(C#N)cc2OC(C)C1=O. The number of amides is 1. The van der Waals surface area contributed by atoms with Gasteiger partial charge in [0.25, 0.3) is 5.91 Å². The predicted octanol–water partition coefficient (Wildman–Crippen LogP) is 3.19. The number of ether oxygens (including phenoxy) is 2. The third-order valence-corrected chi connectivity index (χ3v) is 4.07. The maximum absolute atomic E-state index is 12.8. The molecular formula is C19H18N2O3. The highest BCUT2D eigenvalue weighted by atomic mass is 16.5. The van der Waals surface area contributed by atoms with E-state index < -0.39 is 6.10 Å². The Morgan fingerprint density at radius 3 is 2.79 bits per heavy atom. The molecule has 122 valence electrons. The predicted molar refractivity (Wildman–Crippen MR) is 90.2 cm³/mol. The average molecular weight is 322 g/mol. The number of hydrogen-bond acceptors (Lipinski definition) is 4. The second kappa shape index (κ2) is 6.25. The first-order valence-corrected chi connectivity index (χ1v) is 7.69. The van der Waals surface area contributed by atoms with Crippen molar-refractivity contribution in [2.75, 3.05) is 12.0 Å². The molecule has 1 aliphatic rings. The van der Waals surface area contributed by atoms with E-state index in [0.29, 0.717) is 23.6 Å². The summed E-state index contributed by atoms with van der Waals surface area (Å²) in [6.07, 6.45) is -0.648. The Labute approximate surface area is 141 Å². The smallest absolute Gasteiger partial charge is 0.268 e. The molecule has 1 heterocycles. The van der Waals surface area contributed by atoms with Crippen LogP contribution in [0.4, 0.5) is 5.69 Å². The van der Waals surface area contributed by atoms with Crippen molar-refractivity contribution in [3.8, 4) is 17.6 Å². The summed E-state index contributed by atoms with van der Waals surface area (Å²) in [6, 6.07) is 13.1. The maximum Gasteiger partial charge on any atom is 0.268 e. The molecule has 0 radical (unpaired) electrons. The number of benzene rings is 2. The topological polar surface area (TPSA) is 62.6 Å². The van der Waals surface area contributed by atoms with Crippen molar-refractivity contribution in [1.29, 1.82) is 5.26 Å². The van der Waals surface area contributed by atoms with E-state index in [2.05, 4.69) is 6.07 Å². The number of fused-ring (bicyclic) bond motifs is 1.